The molecule has 1 aromatic heterocycles. The molecule has 0 spiro atoms. The van der Waals surface area contributed by atoms with Gasteiger partial charge in [0.05, 0.1) is 31.0 Å². The molecule has 6 nitrogen and oxygen atoms in total. The van der Waals surface area contributed by atoms with Gasteiger partial charge < -0.3 is 20.2 Å². The van der Waals surface area contributed by atoms with Crippen molar-refractivity contribution in [3.05, 3.63) is 54.0 Å². The minimum atomic E-state index is -1.26. The molecule has 1 unspecified atom stereocenters. The zero-order valence-electron chi connectivity index (χ0n) is 12.2. The largest absolute Gasteiger partial charge is 0.466 e. The van der Waals surface area contributed by atoms with Gasteiger partial charge in [0, 0.05) is 5.69 Å². The first-order valence-corrected chi connectivity index (χ1v) is 6.78. The van der Waals surface area contributed by atoms with Crippen LogP contribution in [-0.4, -0.2) is 24.1 Å². The van der Waals surface area contributed by atoms with Gasteiger partial charge in [0.15, 0.2) is 0 Å². The van der Waals surface area contributed by atoms with Crippen LogP contribution in [0.2, 0.25) is 0 Å². The van der Waals surface area contributed by atoms with Crippen LogP contribution < -0.4 is 10.6 Å². The summed E-state index contributed by atoms with van der Waals surface area (Å²) in [5, 5.41) is 24.5. The van der Waals surface area contributed by atoms with E-state index in [9.17, 15) is 9.90 Å². The SMILES string of the molecule is CC(O)(CNC(=O)CNc1ccc(C#N)cc1)c1ccco1. The number of amides is 1. The van der Waals surface area contributed by atoms with Gasteiger partial charge in [-0.25, -0.2) is 0 Å². The molecule has 1 aromatic carbocycles. The topological polar surface area (TPSA) is 98.3 Å². The first-order chi connectivity index (χ1) is 10.5. The normalized spacial score (nSPS) is 13.0. The average Bonchev–Trinajstić information content (AvgIpc) is 3.07. The lowest BCUT2D eigenvalue weighted by atomic mass is 10.0. The number of furan rings is 1. The van der Waals surface area contributed by atoms with Crippen molar-refractivity contribution >= 4 is 11.6 Å². The van der Waals surface area contributed by atoms with Crippen molar-refractivity contribution in [1.82, 2.24) is 5.32 Å². The smallest absolute Gasteiger partial charge is 0.239 e. The van der Waals surface area contributed by atoms with Gasteiger partial charge in [-0.05, 0) is 43.3 Å². The molecule has 0 aliphatic carbocycles. The highest BCUT2D eigenvalue weighted by Gasteiger charge is 2.26. The van der Waals surface area contributed by atoms with Gasteiger partial charge in [0.1, 0.15) is 11.4 Å². The molecule has 114 valence electrons. The number of carbonyl (C=O) groups is 1. The highest BCUT2D eigenvalue weighted by Crippen LogP contribution is 2.19. The molecule has 0 radical (unpaired) electrons. The van der Waals surface area contributed by atoms with Gasteiger partial charge in [-0.15, -0.1) is 0 Å². The summed E-state index contributed by atoms with van der Waals surface area (Å²) in [5.41, 5.74) is 0.0459. The Morgan fingerprint density at radius 1 is 1.36 bits per heavy atom. The molecule has 22 heavy (non-hydrogen) atoms. The number of nitrogens with one attached hydrogen (secondary N) is 2. The number of aliphatic hydroxyl groups is 1. The van der Waals surface area contributed by atoms with E-state index in [1.807, 2.05) is 6.07 Å². The van der Waals surface area contributed by atoms with E-state index in [0.717, 1.165) is 5.69 Å². The lowest BCUT2D eigenvalue weighted by molar-refractivity contribution is -0.120. The van der Waals surface area contributed by atoms with Gasteiger partial charge in [-0.1, -0.05) is 0 Å². The molecule has 0 saturated heterocycles. The number of benzene rings is 1. The molecule has 0 aliphatic heterocycles. The predicted molar refractivity (Wildman–Crippen MR) is 80.9 cm³/mol. The van der Waals surface area contributed by atoms with Crippen molar-refractivity contribution in [3.63, 3.8) is 0 Å². The highest BCUT2D eigenvalue weighted by atomic mass is 16.4. The summed E-state index contributed by atoms with van der Waals surface area (Å²) in [4.78, 5) is 11.8. The molecule has 3 N–H and O–H groups in total. The first kappa shape index (κ1) is 15.6. The second-order valence-electron chi connectivity index (χ2n) is 5.07. The van der Waals surface area contributed by atoms with Crippen molar-refractivity contribution < 1.29 is 14.3 Å². The Labute approximate surface area is 128 Å². The summed E-state index contributed by atoms with van der Waals surface area (Å²) in [6, 6.07) is 12.1. The molecule has 6 heteroatoms. The Kier molecular flexibility index (Phi) is 4.81. The second kappa shape index (κ2) is 6.78. The van der Waals surface area contributed by atoms with E-state index in [0.29, 0.717) is 11.3 Å². The minimum Gasteiger partial charge on any atom is -0.466 e. The molecule has 0 saturated carbocycles. The Morgan fingerprint density at radius 3 is 2.68 bits per heavy atom. The molecular weight excluding hydrogens is 282 g/mol. The first-order valence-electron chi connectivity index (χ1n) is 6.78. The Bertz CT molecular complexity index is 655. The maximum Gasteiger partial charge on any atom is 0.239 e. The zero-order chi connectivity index (χ0) is 16.0. The van der Waals surface area contributed by atoms with Gasteiger partial charge in [0.25, 0.3) is 0 Å². The second-order valence-corrected chi connectivity index (χ2v) is 5.07. The van der Waals surface area contributed by atoms with Crippen LogP contribution in [0.25, 0.3) is 0 Å². The van der Waals surface area contributed by atoms with Crippen molar-refractivity contribution in [2.75, 3.05) is 18.4 Å². The lowest BCUT2D eigenvalue weighted by Crippen LogP contribution is -2.40. The Morgan fingerprint density at radius 2 is 2.09 bits per heavy atom. The number of anilines is 1. The van der Waals surface area contributed by atoms with Crippen LogP contribution in [0.5, 0.6) is 0 Å². The van der Waals surface area contributed by atoms with Gasteiger partial charge in [-0.2, -0.15) is 5.26 Å². The third-order valence-corrected chi connectivity index (χ3v) is 3.15. The van der Waals surface area contributed by atoms with Crippen LogP contribution in [0.1, 0.15) is 18.2 Å². The number of hydrogen-bond acceptors (Lipinski definition) is 5. The van der Waals surface area contributed by atoms with E-state index in [2.05, 4.69) is 10.6 Å². The number of nitrogens with zero attached hydrogens (tertiary/aromatic N) is 1. The molecule has 2 rings (SSSR count). The predicted octanol–water partition coefficient (Wildman–Crippen LogP) is 1.59. The molecule has 0 aliphatic rings. The molecule has 1 atom stereocenters. The number of carbonyl (C=O) groups excluding carboxylic acids is 1. The van der Waals surface area contributed by atoms with Crippen LogP contribution in [0, 0.1) is 11.3 Å². The third-order valence-electron chi connectivity index (χ3n) is 3.15. The van der Waals surface area contributed by atoms with Crippen LogP contribution in [0.15, 0.2) is 47.1 Å². The van der Waals surface area contributed by atoms with E-state index in [-0.39, 0.29) is 19.0 Å². The van der Waals surface area contributed by atoms with Crippen LogP contribution in [0.4, 0.5) is 5.69 Å². The van der Waals surface area contributed by atoms with Crippen molar-refractivity contribution in [1.29, 1.82) is 5.26 Å². The monoisotopic (exact) mass is 299 g/mol. The maximum atomic E-state index is 11.8. The number of nitriles is 1. The highest BCUT2D eigenvalue weighted by molar-refractivity contribution is 5.80. The molecule has 2 aromatic rings. The fraction of sp³-hybridized carbons (Fsp3) is 0.250. The van der Waals surface area contributed by atoms with E-state index in [1.54, 1.807) is 43.3 Å². The summed E-state index contributed by atoms with van der Waals surface area (Å²) in [7, 11) is 0. The summed E-state index contributed by atoms with van der Waals surface area (Å²) in [6.45, 7) is 1.69. The summed E-state index contributed by atoms with van der Waals surface area (Å²) < 4.78 is 5.14. The Balaban J connectivity index is 1.79. The van der Waals surface area contributed by atoms with Gasteiger partial charge in [0.2, 0.25) is 5.91 Å². The number of hydrogen-bond donors (Lipinski definition) is 3. The quantitative estimate of drug-likeness (QED) is 0.752. The summed E-state index contributed by atoms with van der Waals surface area (Å²) in [5.74, 6) is 0.143. The van der Waals surface area contributed by atoms with E-state index in [4.69, 9.17) is 9.68 Å². The van der Waals surface area contributed by atoms with Crippen molar-refractivity contribution in [3.8, 4) is 6.07 Å². The van der Waals surface area contributed by atoms with E-state index in [1.165, 1.54) is 6.26 Å². The van der Waals surface area contributed by atoms with Gasteiger partial charge >= 0.3 is 0 Å². The number of rotatable bonds is 6. The molecule has 1 amide bonds. The summed E-state index contributed by atoms with van der Waals surface area (Å²) >= 11 is 0. The fourth-order valence-electron chi connectivity index (χ4n) is 1.85. The van der Waals surface area contributed by atoms with Crippen LogP contribution >= 0.6 is 0 Å². The van der Waals surface area contributed by atoms with E-state index >= 15 is 0 Å². The zero-order valence-corrected chi connectivity index (χ0v) is 12.2. The standard InChI is InChI=1S/C16H17N3O3/c1-16(21,14-3-2-8-22-14)11-19-15(20)10-18-13-6-4-12(9-17)5-7-13/h2-8,18,21H,10-11H2,1H3,(H,19,20). The third kappa shape index (κ3) is 4.11. The van der Waals surface area contributed by atoms with Crippen LogP contribution in [0.3, 0.4) is 0 Å². The molecule has 0 bridgehead atoms. The fourth-order valence-corrected chi connectivity index (χ4v) is 1.85. The van der Waals surface area contributed by atoms with Gasteiger partial charge in [-0.3, -0.25) is 4.79 Å². The maximum absolute atomic E-state index is 11.8. The van der Waals surface area contributed by atoms with Crippen LogP contribution in [-0.2, 0) is 10.4 Å². The Hall–Kier alpha value is -2.78. The molecule has 0 fully saturated rings. The lowest BCUT2D eigenvalue weighted by Gasteiger charge is -2.21. The summed E-state index contributed by atoms with van der Waals surface area (Å²) in [6.07, 6.45) is 1.47. The van der Waals surface area contributed by atoms with Crippen molar-refractivity contribution in [2.24, 2.45) is 0 Å². The van der Waals surface area contributed by atoms with Crippen molar-refractivity contribution in [2.45, 2.75) is 12.5 Å². The minimum absolute atomic E-state index is 0.0500. The van der Waals surface area contributed by atoms with E-state index < -0.39 is 5.60 Å². The molecule has 1 heterocycles. The average molecular weight is 299 g/mol. The molecular formula is C16H17N3O3.